The van der Waals surface area contributed by atoms with E-state index >= 15 is 0 Å². The van der Waals surface area contributed by atoms with Crippen LogP contribution in [0.1, 0.15) is 31.1 Å². The van der Waals surface area contributed by atoms with Crippen molar-refractivity contribution in [3.63, 3.8) is 0 Å². The molecule has 0 bridgehead atoms. The predicted octanol–water partition coefficient (Wildman–Crippen LogP) is 1.55. The SMILES string of the molecule is CS(=O)(=O)NCCc1nc2cnc3[nH]ccc3c2n1C1CCN(CCC#N)CC1. The molecular formula is C19H25N7O2S. The van der Waals surface area contributed by atoms with Crippen LogP contribution in [0.2, 0.25) is 0 Å². The zero-order valence-electron chi connectivity index (χ0n) is 16.4. The first-order chi connectivity index (χ1) is 14.0. The molecule has 0 spiro atoms. The van der Waals surface area contributed by atoms with Gasteiger partial charge in [0.1, 0.15) is 17.0 Å². The number of imidazole rings is 1. The highest BCUT2D eigenvalue weighted by Gasteiger charge is 2.25. The largest absolute Gasteiger partial charge is 0.346 e. The first kappa shape index (κ1) is 19.8. The summed E-state index contributed by atoms with van der Waals surface area (Å²) in [5, 5.41) is 9.86. The average Bonchev–Trinajstić information content (AvgIpc) is 3.29. The van der Waals surface area contributed by atoms with Crippen LogP contribution in [0.5, 0.6) is 0 Å². The summed E-state index contributed by atoms with van der Waals surface area (Å²) in [6.07, 6.45) is 7.83. The quantitative estimate of drug-likeness (QED) is 0.604. The summed E-state index contributed by atoms with van der Waals surface area (Å²) in [4.78, 5) is 14.7. The van der Waals surface area contributed by atoms with Gasteiger partial charge in [0.15, 0.2) is 0 Å². The van der Waals surface area contributed by atoms with Crippen molar-refractivity contribution >= 4 is 32.1 Å². The van der Waals surface area contributed by atoms with Gasteiger partial charge in [0.25, 0.3) is 0 Å². The molecule has 0 radical (unpaired) electrons. The Bertz CT molecular complexity index is 1150. The normalized spacial score (nSPS) is 16.6. The number of hydrogen-bond acceptors (Lipinski definition) is 6. The number of nitrogens with zero attached hydrogens (tertiary/aromatic N) is 5. The average molecular weight is 416 g/mol. The van der Waals surface area contributed by atoms with Crippen LogP contribution in [-0.2, 0) is 16.4 Å². The van der Waals surface area contributed by atoms with Crippen molar-refractivity contribution in [2.24, 2.45) is 0 Å². The molecule has 1 fully saturated rings. The van der Waals surface area contributed by atoms with Gasteiger partial charge in [0, 0.05) is 56.6 Å². The highest BCUT2D eigenvalue weighted by Crippen LogP contribution is 2.32. The van der Waals surface area contributed by atoms with Crippen LogP contribution < -0.4 is 4.72 Å². The van der Waals surface area contributed by atoms with Gasteiger partial charge in [-0.2, -0.15) is 5.26 Å². The molecule has 4 rings (SSSR count). The number of pyridine rings is 1. The number of rotatable bonds is 7. The fraction of sp³-hybridized carbons (Fsp3) is 0.526. The van der Waals surface area contributed by atoms with Gasteiger partial charge in [-0.3, -0.25) is 0 Å². The third-order valence-corrected chi connectivity index (χ3v) is 6.21. The number of H-pyrrole nitrogens is 1. The lowest BCUT2D eigenvalue weighted by Gasteiger charge is -2.33. The van der Waals surface area contributed by atoms with Gasteiger partial charge in [0.05, 0.1) is 24.0 Å². The Balaban J connectivity index is 1.67. The van der Waals surface area contributed by atoms with Crippen LogP contribution in [-0.4, -0.2) is 65.3 Å². The van der Waals surface area contributed by atoms with Gasteiger partial charge >= 0.3 is 0 Å². The van der Waals surface area contributed by atoms with Gasteiger partial charge in [-0.25, -0.2) is 23.1 Å². The lowest BCUT2D eigenvalue weighted by molar-refractivity contribution is 0.190. The van der Waals surface area contributed by atoms with Crippen LogP contribution >= 0.6 is 0 Å². The van der Waals surface area contributed by atoms with Crippen molar-refractivity contribution < 1.29 is 8.42 Å². The maximum Gasteiger partial charge on any atom is 0.208 e. The van der Waals surface area contributed by atoms with Crippen molar-refractivity contribution in [3.8, 4) is 6.07 Å². The molecule has 1 saturated heterocycles. The molecule has 0 amide bonds. The zero-order chi connectivity index (χ0) is 20.4. The summed E-state index contributed by atoms with van der Waals surface area (Å²) in [5.74, 6) is 0.877. The van der Waals surface area contributed by atoms with E-state index in [1.807, 2.05) is 12.3 Å². The molecule has 0 unspecified atom stereocenters. The highest BCUT2D eigenvalue weighted by atomic mass is 32.2. The number of fused-ring (bicyclic) bond motifs is 3. The summed E-state index contributed by atoms with van der Waals surface area (Å²) >= 11 is 0. The van der Waals surface area contributed by atoms with Gasteiger partial charge in [-0.1, -0.05) is 0 Å². The number of likely N-dealkylation sites (tertiary alicyclic amines) is 1. The summed E-state index contributed by atoms with van der Waals surface area (Å²) in [7, 11) is -3.24. The van der Waals surface area contributed by atoms with E-state index in [1.165, 1.54) is 6.26 Å². The van der Waals surface area contributed by atoms with Crippen LogP contribution in [0.4, 0.5) is 0 Å². The molecule has 10 heteroatoms. The smallest absolute Gasteiger partial charge is 0.208 e. The van der Waals surface area contributed by atoms with Crippen LogP contribution in [0.15, 0.2) is 18.5 Å². The second-order valence-corrected chi connectivity index (χ2v) is 9.36. The topological polar surface area (TPSA) is 120 Å². The Labute approximate surface area is 169 Å². The van der Waals surface area contributed by atoms with E-state index in [0.29, 0.717) is 19.4 Å². The third kappa shape index (κ3) is 4.27. The molecular weight excluding hydrogens is 390 g/mol. The Morgan fingerprint density at radius 3 is 2.90 bits per heavy atom. The standard InChI is InChI=1S/C19H25N7O2S/c1-29(27,28)23-9-4-17-24-16-13-22-19-15(3-8-21-19)18(16)26(17)14-5-11-25(12-6-14)10-2-7-20/h3,8,13-14,23H,2,4-6,9-12H2,1H3,(H,21,22). The minimum atomic E-state index is -3.24. The summed E-state index contributed by atoms with van der Waals surface area (Å²) in [6, 6.07) is 4.52. The Hall–Kier alpha value is -2.48. The molecule has 154 valence electrons. The second kappa shape index (κ2) is 8.10. The molecule has 0 atom stereocenters. The molecule has 3 aromatic heterocycles. The van der Waals surface area contributed by atoms with E-state index in [0.717, 1.165) is 60.4 Å². The second-order valence-electron chi connectivity index (χ2n) is 7.53. The van der Waals surface area contributed by atoms with E-state index < -0.39 is 10.0 Å². The van der Waals surface area contributed by atoms with Crippen LogP contribution in [0, 0.1) is 11.3 Å². The maximum atomic E-state index is 11.5. The van der Waals surface area contributed by atoms with Gasteiger partial charge in [-0.05, 0) is 18.9 Å². The third-order valence-electron chi connectivity index (χ3n) is 5.48. The highest BCUT2D eigenvalue weighted by molar-refractivity contribution is 7.88. The molecule has 4 heterocycles. The van der Waals surface area contributed by atoms with Gasteiger partial charge in [-0.15, -0.1) is 0 Å². The van der Waals surface area contributed by atoms with Crippen molar-refractivity contribution in [1.82, 2.24) is 29.1 Å². The van der Waals surface area contributed by atoms with E-state index in [9.17, 15) is 8.42 Å². The first-order valence-electron chi connectivity index (χ1n) is 9.83. The van der Waals surface area contributed by atoms with E-state index in [2.05, 4.69) is 30.2 Å². The molecule has 1 aliphatic rings. The molecule has 0 aromatic carbocycles. The molecule has 0 saturated carbocycles. The molecule has 3 aromatic rings. The molecule has 0 aliphatic carbocycles. The summed E-state index contributed by atoms with van der Waals surface area (Å²) in [6.45, 7) is 3.00. The summed E-state index contributed by atoms with van der Waals surface area (Å²) < 4.78 is 27.8. The zero-order valence-corrected chi connectivity index (χ0v) is 17.2. The van der Waals surface area contributed by atoms with Crippen molar-refractivity contribution in [2.45, 2.75) is 31.7 Å². The minimum absolute atomic E-state index is 0.284. The number of aromatic nitrogens is 4. The number of sulfonamides is 1. The van der Waals surface area contributed by atoms with Crippen LogP contribution in [0.3, 0.4) is 0 Å². The first-order valence-corrected chi connectivity index (χ1v) is 11.7. The minimum Gasteiger partial charge on any atom is -0.346 e. The fourth-order valence-electron chi connectivity index (χ4n) is 4.17. The molecule has 9 nitrogen and oxygen atoms in total. The monoisotopic (exact) mass is 415 g/mol. The number of piperidine rings is 1. The Kier molecular flexibility index (Phi) is 5.54. The number of nitrogens with one attached hydrogen (secondary N) is 2. The maximum absolute atomic E-state index is 11.5. The van der Waals surface area contributed by atoms with Crippen molar-refractivity contribution in [3.05, 3.63) is 24.3 Å². The van der Waals surface area contributed by atoms with Crippen molar-refractivity contribution in [2.75, 3.05) is 32.4 Å². The predicted molar refractivity (Wildman–Crippen MR) is 111 cm³/mol. The number of aromatic amines is 1. The van der Waals surface area contributed by atoms with Crippen molar-refractivity contribution in [1.29, 1.82) is 5.26 Å². The van der Waals surface area contributed by atoms with Gasteiger partial charge in [0.2, 0.25) is 10.0 Å². The summed E-state index contributed by atoms with van der Waals surface area (Å²) in [5.41, 5.74) is 2.71. The van der Waals surface area contributed by atoms with Crippen LogP contribution in [0.25, 0.3) is 22.1 Å². The van der Waals surface area contributed by atoms with E-state index in [1.54, 1.807) is 6.20 Å². The number of nitriles is 1. The molecule has 1 aliphatic heterocycles. The van der Waals surface area contributed by atoms with E-state index in [4.69, 9.17) is 10.2 Å². The molecule has 29 heavy (non-hydrogen) atoms. The Morgan fingerprint density at radius 2 is 2.17 bits per heavy atom. The molecule has 2 N–H and O–H groups in total. The van der Waals surface area contributed by atoms with E-state index in [-0.39, 0.29) is 6.04 Å². The van der Waals surface area contributed by atoms with Gasteiger partial charge < -0.3 is 14.5 Å². The Morgan fingerprint density at radius 1 is 1.38 bits per heavy atom. The lowest BCUT2D eigenvalue weighted by Crippen LogP contribution is -2.35. The lowest BCUT2D eigenvalue weighted by atomic mass is 10.0. The fourth-order valence-corrected chi connectivity index (χ4v) is 4.64. The number of hydrogen-bond donors (Lipinski definition) is 2.